The Bertz CT molecular complexity index is 488. The van der Waals surface area contributed by atoms with Gasteiger partial charge >= 0.3 is 0 Å². The number of nitrogens with two attached hydrogens (primary N) is 1. The van der Waals surface area contributed by atoms with Crippen molar-refractivity contribution >= 4 is 5.82 Å². The molecule has 0 radical (unpaired) electrons. The summed E-state index contributed by atoms with van der Waals surface area (Å²) in [5.41, 5.74) is 8.80. The fourth-order valence-corrected chi connectivity index (χ4v) is 4.00. The molecule has 1 saturated carbocycles. The number of fused-ring (bicyclic) bond motifs is 1. The van der Waals surface area contributed by atoms with Crippen LogP contribution in [-0.2, 0) is 12.8 Å². The van der Waals surface area contributed by atoms with Crippen molar-refractivity contribution in [3.63, 3.8) is 0 Å². The van der Waals surface area contributed by atoms with Gasteiger partial charge in [0.25, 0.3) is 0 Å². The average molecular weight is 288 g/mol. The number of hydrogen-bond acceptors (Lipinski definition) is 4. The Morgan fingerprint density at radius 3 is 2.86 bits per heavy atom. The van der Waals surface area contributed by atoms with E-state index < -0.39 is 0 Å². The summed E-state index contributed by atoms with van der Waals surface area (Å²) in [5, 5.41) is 3.77. The van der Waals surface area contributed by atoms with Gasteiger partial charge in [0.15, 0.2) is 0 Å². The minimum Gasteiger partial charge on any atom is -0.363 e. The van der Waals surface area contributed by atoms with Crippen molar-refractivity contribution in [3.05, 3.63) is 17.6 Å². The van der Waals surface area contributed by atoms with E-state index in [9.17, 15) is 0 Å². The summed E-state index contributed by atoms with van der Waals surface area (Å²) in [6.07, 6.45) is 12.7. The van der Waals surface area contributed by atoms with E-state index in [2.05, 4.69) is 22.2 Å². The Balaban J connectivity index is 1.90. The highest BCUT2D eigenvalue weighted by Crippen LogP contribution is 2.36. The number of hydrogen-bond donors (Lipinski definition) is 2. The van der Waals surface area contributed by atoms with Crippen LogP contribution in [-0.4, -0.2) is 22.1 Å². The average Bonchev–Trinajstić information content (AvgIpc) is 2.76. The molecule has 2 aliphatic rings. The van der Waals surface area contributed by atoms with Gasteiger partial charge < -0.3 is 11.1 Å². The number of rotatable bonds is 3. The molecule has 4 nitrogen and oxygen atoms in total. The summed E-state index contributed by atoms with van der Waals surface area (Å²) < 4.78 is 0. The smallest absolute Gasteiger partial charge is 0.133 e. The Morgan fingerprint density at radius 2 is 2.05 bits per heavy atom. The molecule has 21 heavy (non-hydrogen) atoms. The van der Waals surface area contributed by atoms with Gasteiger partial charge in [0.1, 0.15) is 12.1 Å². The molecule has 1 aromatic heterocycles. The molecule has 2 aliphatic carbocycles. The van der Waals surface area contributed by atoms with Crippen molar-refractivity contribution < 1.29 is 0 Å². The summed E-state index contributed by atoms with van der Waals surface area (Å²) in [6, 6.07) is 0. The van der Waals surface area contributed by atoms with Gasteiger partial charge in [0, 0.05) is 17.8 Å². The molecule has 2 unspecified atom stereocenters. The highest BCUT2D eigenvalue weighted by Gasteiger charge is 2.37. The fraction of sp³-hybridized carbons (Fsp3) is 0.765. The van der Waals surface area contributed by atoms with Gasteiger partial charge in [-0.1, -0.05) is 26.2 Å². The first-order valence-corrected chi connectivity index (χ1v) is 8.56. The van der Waals surface area contributed by atoms with Crippen LogP contribution >= 0.6 is 0 Å². The molecular formula is C17H28N4. The Labute approximate surface area is 127 Å². The van der Waals surface area contributed by atoms with Crippen LogP contribution in [0.3, 0.4) is 0 Å². The second-order valence-electron chi connectivity index (χ2n) is 6.84. The van der Waals surface area contributed by atoms with Gasteiger partial charge in [-0.15, -0.1) is 0 Å². The third-order valence-electron chi connectivity index (χ3n) is 5.56. The van der Waals surface area contributed by atoms with Crippen molar-refractivity contribution in [1.29, 1.82) is 0 Å². The Kier molecular flexibility index (Phi) is 4.43. The molecule has 1 aromatic rings. The number of aromatic nitrogens is 2. The Hall–Kier alpha value is -1.16. The minimum atomic E-state index is 0.0205. The van der Waals surface area contributed by atoms with Crippen molar-refractivity contribution in [2.24, 2.45) is 11.7 Å². The van der Waals surface area contributed by atoms with Gasteiger partial charge in [0.2, 0.25) is 0 Å². The molecular weight excluding hydrogens is 260 g/mol. The summed E-state index contributed by atoms with van der Waals surface area (Å²) in [6.45, 7) is 3.02. The Morgan fingerprint density at radius 1 is 1.19 bits per heavy atom. The number of nitrogens with zero attached hydrogens (tertiary/aromatic N) is 2. The first-order chi connectivity index (χ1) is 10.2. The summed E-state index contributed by atoms with van der Waals surface area (Å²) >= 11 is 0. The first-order valence-electron chi connectivity index (χ1n) is 8.56. The highest BCUT2D eigenvalue weighted by molar-refractivity contribution is 5.49. The molecule has 116 valence electrons. The molecule has 0 amide bonds. The van der Waals surface area contributed by atoms with Gasteiger partial charge in [-0.05, 0) is 44.4 Å². The monoisotopic (exact) mass is 288 g/mol. The second-order valence-corrected chi connectivity index (χ2v) is 6.84. The fourth-order valence-electron chi connectivity index (χ4n) is 4.00. The van der Waals surface area contributed by atoms with Crippen LogP contribution in [0.1, 0.15) is 63.1 Å². The minimum absolute atomic E-state index is 0.0205. The zero-order chi connectivity index (χ0) is 14.7. The normalized spacial score (nSPS) is 29.5. The van der Waals surface area contributed by atoms with Crippen LogP contribution in [0.25, 0.3) is 0 Å². The van der Waals surface area contributed by atoms with E-state index in [1.54, 1.807) is 6.33 Å². The van der Waals surface area contributed by atoms with Gasteiger partial charge in [-0.3, -0.25) is 0 Å². The zero-order valence-electron chi connectivity index (χ0n) is 13.2. The lowest BCUT2D eigenvalue weighted by Gasteiger charge is -2.43. The molecule has 0 spiro atoms. The molecule has 0 bridgehead atoms. The van der Waals surface area contributed by atoms with Gasteiger partial charge in [0.05, 0.1) is 5.54 Å². The topological polar surface area (TPSA) is 63.8 Å². The van der Waals surface area contributed by atoms with Crippen LogP contribution in [0.15, 0.2) is 6.33 Å². The van der Waals surface area contributed by atoms with Crippen LogP contribution in [0.2, 0.25) is 0 Å². The SMILES string of the molecule is CC1CCCCC1(CN)Nc1ncnc2c1CCCCC2. The van der Waals surface area contributed by atoms with E-state index in [-0.39, 0.29) is 5.54 Å². The standard InChI is InChI=1S/C17H28N4/c1-13-7-5-6-10-17(13,11-18)21-16-14-8-3-2-4-9-15(14)19-12-20-16/h12-13H,2-11,18H2,1H3,(H,19,20,21). The predicted molar refractivity (Wildman–Crippen MR) is 86.3 cm³/mol. The van der Waals surface area contributed by atoms with Gasteiger partial charge in [-0.25, -0.2) is 9.97 Å². The molecule has 3 rings (SSSR count). The maximum Gasteiger partial charge on any atom is 0.133 e. The van der Waals surface area contributed by atoms with E-state index in [4.69, 9.17) is 5.73 Å². The molecule has 3 N–H and O–H groups in total. The van der Waals surface area contributed by atoms with Crippen molar-refractivity contribution in [1.82, 2.24) is 9.97 Å². The van der Waals surface area contributed by atoms with Crippen LogP contribution in [0.5, 0.6) is 0 Å². The molecule has 4 heteroatoms. The third kappa shape index (κ3) is 2.91. The largest absolute Gasteiger partial charge is 0.363 e. The second kappa shape index (κ2) is 6.30. The number of aryl methyl sites for hydroxylation is 1. The molecule has 0 saturated heterocycles. The maximum atomic E-state index is 6.18. The maximum absolute atomic E-state index is 6.18. The lowest BCUT2D eigenvalue weighted by atomic mass is 9.73. The quantitative estimate of drug-likeness (QED) is 0.839. The summed E-state index contributed by atoms with van der Waals surface area (Å²) in [7, 11) is 0. The molecule has 1 heterocycles. The molecule has 0 aromatic carbocycles. The van der Waals surface area contributed by atoms with E-state index in [0.29, 0.717) is 12.5 Å². The van der Waals surface area contributed by atoms with Gasteiger partial charge in [-0.2, -0.15) is 0 Å². The highest BCUT2D eigenvalue weighted by atomic mass is 15.1. The van der Waals surface area contributed by atoms with E-state index >= 15 is 0 Å². The lowest BCUT2D eigenvalue weighted by molar-refractivity contribution is 0.235. The van der Waals surface area contributed by atoms with E-state index in [1.165, 1.54) is 49.8 Å². The van der Waals surface area contributed by atoms with Crippen molar-refractivity contribution in [2.75, 3.05) is 11.9 Å². The predicted octanol–water partition coefficient (Wildman–Crippen LogP) is 3.07. The van der Waals surface area contributed by atoms with Crippen LogP contribution < -0.4 is 11.1 Å². The van der Waals surface area contributed by atoms with Crippen molar-refractivity contribution in [2.45, 2.75) is 70.3 Å². The lowest BCUT2D eigenvalue weighted by Crippen LogP contribution is -2.52. The number of nitrogens with one attached hydrogen (secondary N) is 1. The summed E-state index contributed by atoms with van der Waals surface area (Å²) in [4.78, 5) is 9.10. The molecule has 1 fully saturated rings. The van der Waals surface area contributed by atoms with Crippen molar-refractivity contribution in [3.8, 4) is 0 Å². The van der Waals surface area contributed by atoms with E-state index in [1.807, 2.05) is 0 Å². The molecule has 2 atom stereocenters. The summed E-state index contributed by atoms with van der Waals surface area (Å²) in [5.74, 6) is 1.66. The number of anilines is 1. The van der Waals surface area contributed by atoms with E-state index in [0.717, 1.165) is 25.1 Å². The zero-order valence-corrected chi connectivity index (χ0v) is 13.2. The van der Waals surface area contributed by atoms with Crippen LogP contribution in [0, 0.1) is 5.92 Å². The third-order valence-corrected chi connectivity index (χ3v) is 5.56. The van der Waals surface area contributed by atoms with Crippen LogP contribution in [0.4, 0.5) is 5.82 Å². The first kappa shape index (κ1) is 14.8. The molecule has 0 aliphatic heterocycles.